The molecule has 172 valence electrons. The molecule has 2 heterocycles. The summed E-state index contributed by atoms with van der Waals surface area (Å²) in [6.45, 7) is 8.94. The maximum atomic E-state index is 11.3. The highest BCUT2D eigenvalue weighted by Gasteiger charge is 2.24. The standard InChI is InChI=1S/C24H39N5O2/c1-3-26-24(29-12-4-5-21(18-29)15-23(25)30)27-16-19-10-13-28(14-11-19)17-20-6-8-22(31-2)9-7-20/h6-9,19,21H,3-5,10-18H2,1-2H3,(H2,25,30)(H,26,27). The van der Waals surface area contributed by atoms with E-state index in [1.165, 1.54) is 18.4 Å². The van der Waals surface area contributed by atoms with Crippen LogP contribution in [0.5, 0.6) is 5.75 Å². The van der Waals surface area contributed by atoms with Crippen molar-refractivity contribution in [2.24, 2.45) is 22.6 Å². The molecule has 1 aromatic carbocycles. The van der Waals surface area contributed by atoms with Gasteiger partial charge in [0.05, 0.1) is 7.11 Å². The van der Waals surface area contributed by atoms with E-state index in [1.807, 2.05) is 12.1 Å². The third-order valence-corrected chi connectivity index (χ3v) is 6.41. The number of nitrogens with two attached hydrogens (primary N) is 1. The number of benzene rings is 1. The largest absolute Gasteiger partial charge is 0.497 e. The number of ether oxygens (including phenoxy) is 1. The van der Waals surface area contributed by atoms with Crippen molar-refractivity contribution in [3.05, 3.63) is 29.8 Å². The molecule has 1 aromatic rings. The van der Waals surface area contributed by atoms with Crippen LogP contribution in [0.15, 0.2) is 29.3 Å². The number of nitrogens with zero attached hydrogens (tertiary/aromatic N) is 3. The fourth-order valence-corrected chi connectivity index (χ4v) is 4.67. The molecular formula is C24H39N5O2. The Hall–Kier alpha value is -2.28. The summed E-state index contributed by atoms with van der Waals surface area (Å²) in [7, 11) is 1.70. The Morgan fingerprint density at radius 1 is 1.16 bits per heavy atom. The summed E-state index contributed by atoms with van der Waals surface area (Å²) >= 11 is 0. The highest BCUT2D eigenvalue weighted by atomic mass is 16.5. The molecule has 31 heavy (non-hydrogen) atoms. The molecule has 2 aliphatic heterocycles. The number of hydrogen-bond donors (Lipinski definition) is 2. The second-order valence-electron chi connectivity index (χ2n) is 8.89. The monoisotopic (exact) mass is 429 g/mol. The SMILES string of the molecule is CCNC(=NCC1CCN(Cc2ccc(OC)cc2)CC1)N1CCCC(CC(N)=O)C1. The number of piperidine rings is 2. The zero-order valence-electron chi connectivity index (χ0n) is 19.2. The first kappa shape index (κ1) is 23.4. The maximum Gasteiger partial charge on any atom is 0.217 e. The van der Waals surface area contributed by atoms with Gasteiger partial charge in [-0.25, -0.2) is 0 Å². The summed E-state index contributed by atoms with van der Waals surface area (Å²) in [5.74, 6) is 2.68. The van der Waals surface area contributed by atoms with Gasteiger partial charge in [0.25, 0.3) is 0 Å². The Bertz CT molecular complexity index is 713. The molecule has 2 fully saturated rings. The lowest BCUT2D eigenvalue weighted by Crippen LogP contribution is -2.47. The third kappa shape index (κ3) is 7.42. The highest BCUT2D eigenvalue weighted by Crippen LogP contribution is 2.22. The van der Waals surface area contributed by atoms with Gasteiger partial charge in [-0.1, -0.05) is 12.1 Å². The number of methoxy groups -OCH3 is 1. The summed E-state index contributed by atoms with van der Waals surface area (Å²) in [4.78, 5) is 21.2. The van der Waals surface area contributed by atoms with Crippen molar-refractivity contribution >= 4 is 11.9 Å². The molecule has 7 nitrogen and oxygen atoms in total. The van der Waals surface area contributed by atoms with Gasteiger partial charge in [0.2, 0.25) is 5.91 Å². The van der Waals surface area contributed by atoms with Gasteiger partial charge in [0.15, 0.2) is 5.96 Å². The van der Waals surface area contributed by atoms with Gasteiger partial charge in [0, 0.05) is 39.1 Å². The van der Waals surface area contributed by atoms with Crippen molar-refractivity contribution in [1.29, 1.82) is 0 Å². The van der Waals surface area contributed by atoms with Crippen LogP contribution >= 0.6 is 0 Å². The van der Waals surface area contributed by atoms with Crippen LogP contribution in [-0.2, 0) is 11.3 Å². The molecule has 0 bridgehead atoms. The summed E-state index contributed by atoms with van der Waals surface area (Å²) in [5, 5.41) is 3.46. The quantitative estimate of drug-likeness (QED) is 0.490. The van der Waals surface area contributed by atoms with Crippen LogP contribution in [0.1, 0.15) is 44.6 Å². The number of guanidine groups is 1. The summed E-state index contributed by atoms with van der Waals surface area (Å²) in [5.41, 5.74) is 6.76. The number of carbonyl (C=O) groups is 1. The number of hydrogen-bond acceptors (Lipinski definition) is 4. The van der Waals surface area contributed by atoms with E-state index >= 15 is 0 Å². The number of carbonyl (C=O) groups excluding carboxylic acids is 1. The van der Waals surface area contributed by atoms with Gasteiger partial charge in [-0.3, -0.25) is 14.7 Å². The van der Waals surface area contributed by atoms with Gasteiger partial charge in [-0.05, 0) is 75.2 Å². The molecule has 2 aliphatic rings. The van der Waals surface area contributed by atoms with E-state index in [1.54, 1.807) is 7.11 Å². The van der Waals surface area contributed by atoms with E-state index in [0.717, 1.165) is 70.4 Å². The molecule has 7 heteroatoms. The zero-order chi connectivity index (χ0) is 22.1. The number of likely N-dealkylation sites (tertiary alicyclic amines) is 2. The lowest BCUT2D eigenvalue weighted by Gasteiger charge is -2.35. The van der Waals surface area contributed by atoms with Crippen molar-refractivity contribution in [3.63, 3.8) is 0 Å². The molecule has 3 N–H and O–H groups in total. The molecule has 1 unspecified atom stereocenters. The van der Waals surface area contributed by atoms with Crippen molar-refractivity contribution in [2.45, 2.75) is 45.6 Å². The van der Waals surface area contributed by atoms with Crippen molar-refractivity contribution < 1.29 is 9.53 Å². The van der Waals surface area contributed by atoms with Crippen molar-refractivity contribution in [2.75, 3.05) is 46.4 Å². The minimum Gasteiger partial charge on any atom is -0.497 e. The fourth-order valence-electron chi connectivity index (χ4n) is 4.67. The lowest BCUT2D eigenvalue weighted by atomic mass is 9.94. The highest BCUT2D eigenvalue weighted by molar-refractivity contribution is 5.80. The number of aliphatic imine (C=N–C) groups is 1. The van der Waals surface area contributed by atoms with Crippen LogP contribution in [0.2, 0.25) is 0 Å². The third-order valence-electron chi connectivity index (χ3n) is 6.41. The van der Waals surface area contributed by atoms with Crippen molar-refractivity contribution in [1.82, 2.24) is 15.1 Å². The molecule has 1 amide bonds. The number of nitrogens with one attached hydrogen (secondary N) is 1. The van der Waals surface area contributed by atoms with Crippen LogP contribution in [-0.4, -0.2) is 68.0 Å². The first-order valence-corrected chi connectivity index (χ1v) is 11.7. The van der Waals surface area contributed by atoms with E-state index in [0.29, 0.717) is 18.3 Å². The summed E-state index contributed by atoms with van der Waals surface area (Å²) in [6, 6.07) is 8.38. The first-order chi connectivity index (χ1) is 15.1. The predicted molar refractivity (Wildman–Crippen MR) is 125 cm³/mol. The molecule has 0 saturated carbocycles. The van der Waals surface area contributed by atoms with Gasteiger partial charge in [0.1, 0.15) is 5.75 Å². The second-order valence-corrected chi connectivity index (χ2v) is 8.89. The molecule has 3 rings (SSSR count). The molecule has 0 aliphatic carbocycles. The Morgan fingerprint density at radius 3 is 2.55 bits per heavy atom. The topological polar surface area (TPSA) is 83.2 Å². The Balaban J connectivity index is 1.47. The van der Waals surface area contributed by atoms with Crippen molar-refractivity contribution in [3.8, 4) is 5.75 Å². The smallest absolute Gasteiger partial charge is 0.217 e. The minimum atomic E-state index is -0.199. The molecular weight excluding hydrogens is 390 g/mol. The minimum absolute atomic E-state index is 0.199. The van der Waals surface area contributed by atoms with Crippen LogP contribution in [0.3, 0.4) is 0 Å². The van der Waals surface area contributed by atoms with Crippen LogP contribution in [0, 0.1) is 11.8 Å². The fraction of sp³-hybridized carbons (Fsp3) is 0.667. The van der Waals surface area contributed by atoms with Gasteiger partial charge >= 0.3 is 0 Å². The van der Waals surface area contributed by atoms with Crippen LogP contribution in [0.4, 0.5) is 0 Å². The molecule has 2 saturated heterocycles. The average Bonchev–Trinajstić information content (AvgIpc) is 2.78. The number of amides is 1. The van der Waals surface area contributed by atoms with E-state index in [9.17, 15) is 4.79 Å². The average molecular weight is 430 g/mol. The van der Waals surface area contributed by atoms with E-state index in [-0.39, 0.29) is 5.91 Å². The number of rotatable bonds is 8. The Labute approximate surface area is 187 Å². The van der Waals surface area contributed by atoms with Crippen LogP contribution < -0.4 is 15.8 Å². The molecule has 1 atom stereocenters. The van der Waals surface area contributed by atoms with E-state index in [2.05, 4.69) is 34.2 Å². The van der Waals surface area contributed by atoms with Gasteiger partial charge in [-0.15, -0.1) is 0 Å². The summed E-state index contributed by atoms with van der Waals surface area (Å²) in [6.07, 6.45) is 5.01. The van der Waals surface area contributed by atoms with E-state index < -0.39 is 0 Å². The molecule has 0 radical (unpaired) electrons. The summed E-state index contributed by atoms with van der Waals surface area (Å²) < 4.78 is 5.25. The lowest BCUT2D eigenvalue weighted by molar-refractivity contribution is -0.119. The Morgan fingerprint density at radius 2 is 1.90 bits per heavy atom. The van der Waals surface area contributed by atoms with Crippen LogP contribution in [0.25, 0.3) is 0 Å². The normalized spacial score (nSPS) is 21.2. The van der Waals surface area contributed by atoms with Gasteiger partial charge in [-0.2, -0.15) is 0 Å². The Kier molecular flexibility index (Phi) is 9.00. The number of primary amides is 1. The maximum absolute atomic E-state index is 11.3. The second kappa shape index (κ2) is 11.9. The van der Waals surface area contributed by atoms with Gasteiger partial charge < -0.3 is 20.7 Å². The molecule has 0 spiro atoms. The molecule has 0 aromatic heterocycles. The predicted octanol–water partition coefficient (Wildman–Crippen LogP) is 2.46. The van der Waals surface area contributed by atoms with E-state index in [4.69, 9.17) is 15.5 Å². The zero-order valence-corrected chi connectivity index (χ0v) is 19.2. The first-order valence-electron chi connectivity index (χ1n) is 11.7.